The van der Waals surface area contributed by atoms with E-state index in [-0.39, 0.29) is 5.41 Å². The number of carbonyl (C=O) groups is 1. The molecule has 1 aliphatic heterocycles. The molecule has 0 aromatic rings. The van der Waals surface area contributed by atoms with Gasteiger partial charge in [0, 0.05) is 19.6 Å². The fraction of sp³-hybridized carbons (Fsp3) is 0.909. The van der Waals surface area contributed by atoms with Crippen LogP contribution in [0.1, 0.15) is 33.6 Å². The minimum Gasteiger partial charge on any atom is -0.343 e. The number of carbonyl (C=O) groups excluding carboxylic acids is 1. The second kappa shape index (κ2) is 4.78. The van der Waals surface area contributed by atoms with Crippen molar-refractivity contribution in [3.63, 3.8) is 0 Å². The van der Waals surface area contributed by atoms with Gasteiger partial charge in [-0.3, -0.25) is 4.79 Å². The molecule has 0 radical (unpaired) electrons. The predicted molar refractivity (Wildman–Crippen MR) is 58.1 cm³/mol. The zero-order valence-corrected chi connectivity index (χ0v) is 9.60. The Morgan fingerprint density at radius 2 is 2.00 bits per heavy atom. The van der Waals surface area contributed by atoms with Crippen molar-refractivity contribution in [2.75, 3.05) is 26.2 Å². The van der Waals surface area contributed by atoms with Gasteiger partial charge < -0.3 is 10.2 Å². The number of rotatable bonds is 4. The van der Waals surface area contributed by atoms with E-state index in [0.717, 1.165) is 39.0 Å². The summed E-state index contributed by atoms with van der Waals surface area (Å²) in [5.74, 6) is 0.343. The predicted octanol–water partition coefficient (Wildman–Crippen LogP) is 1.24. The fourth-order valence-corrected chi connectivity index (χ4v) is 2.23. The molecule has 82 valence electrons. The van der Waals surface area contributed by atoms with E-state index in [2.05, 4.69) is 12.2 Å². The van der Waals surface area contributed by atoms with Gasteiger partial charge in [0.05, 0.1) is 5.41 Å². The largest absolute Gasteiger partial charge is 0.343 e. The third-order valence-corrected chi connectivity index (χ3v) is 3.42. The van der Waals surface area contributed by atoms with Gasteiger partial charge in [0.2, 0.25) is 5.91 Å². The van der Waals surface area contributed by atoms with Crippen LogP contribution >= 0.6 is 0 Å². The maximum absolute atomic E-state index is 12.2. The van der Waals surface area contributed by atoms with E-state index >= 15 is 0 Å². The number of hydrogen-bond acceptors (Lipinski definition) is 2. The summed E-state index contributed by atoms with van der Waals surface area (Å²) >= 11 is 0. The van der Waals surface area contributed by atoms with Gasteiger partial charge in [0.1, 0.15) is 0 Å². The Morgan fingerprint density at radius 3 is 2.36 bits per heavy atom. The van der Waals surface area contributed by atoms with Crippen molar-refractivity contribution in [2.24, 2.45) is 5.41 Å². The summed E-state index contributed by atoms with van der Waals surface area (Å²) in [6.07, 6.45) is 1.95. The van der Waals surface area contributed by atoms with Crippen LogP contribution in [0.25, 0.3) is 0 Å². The highest BCUT2D eigenvalue weighted by Crippen LogP contribution is 2.31. The average Bonchev–Trinajstić information content (AvgIpc) is 2.69. The smallest absolute Gasteiger partial charge is 0.230 e. The fourth-order valence-electron chi connectivity index (χ4n) is 2.23. The Bertz CT molecular complexity index is 193. The average molecular weight is 198 g/mol. The maximum atomic E-state index is 12.2. The lowest BCUT2D eigenvalue weighted by Crippen LogP contribution is -2.44. The highest BCUT2D eigenvalue weighted by molar-refractivity contribution is 5.83. The zero-order chi connectivity index (χ0) is 10.6. The highest BCUT2D eigenvalue weighted by atomic mass is 16.2. The number of amides is 1. The quantitative estimate of drug-likeness (QED) is 0.737. The van der Waals surface area contributed by atoms with Gasteiger partial charge in [0.15, 0.2) is 0 Å². The van der Waals surface area contributed by atoms with Crippen LogP contribution in [0.2, 0.25) is 0 Å². The second-order valence-corrected chi connectivity index (χ2v) is 4.04. The molecule has 0 aliphatic carbocycles. The van der Waals surface area contributed by atoms with Crippen LogP contribution in [0, 0.1) is 5.41 Å². The molecular weight excluding hydrogens is 176 g/mol. The molecule has 1 rings (SSSR count). The summed E-state index contributed by atoms with van der Waals surface area (Å²) in [6, 6.07) is 0. The lowest BCUT2D eigenvalue weighted by atomic mass is 9.82. The van der Waals surface area contributed by atoms with Crippen LogP contribution in [0.15, 0.2) is 0 Å². The van der Waals surface area contributed by atoms with Crippen molar-refractivity contribution < 1.29 is 4.79 Å². The summed E-state index contributed by atoms with van der Waals surface area (Å²) in [4.78, 5) is 14.2. The van der Waals surface area contributed by atoms with E-state index in [1.807, 2.05) is 18.7 Å². The molecule has 0 aromatic heterocycles. The van der Waals surface area contributed by atoms with E-state index < -0.39 is 0 Å². The lowest BCUT2D eigenvalue weighted by Gasteiger charge is -2.31. The van der Waals surface area contributed by atoms with Gasteiger partial charge in [-0.15, -0.1) is 0 Å². The molecule has 1 unspecified atom stereocenters. The molecule has 1 amide bonds. The van der Waals surface area contributed by atoms with Crippen LogP contribution in [0.4, 0.5) is 0 Å². The van der Waals surface area contributed by atoms with Gasteiger partial charge in [-0.1, -0.05) is 6.92 Å². The molecule has 0 bridgehead atoms. The van der Waals surface area contributed by atoms with Gasteiger partial charge in [0.25, 0.3) is 0 Å². The first-order chi connectivity index (χ1) is 6.70. The minimum atomic E-state index is -0.105. The first kappa shape index (κ1) is 11.5. The van der Waals surface area contributed by atoms with Gasteiger partial charge in [-0.05, 0) is 33.2 Å². The van der Waals surface area contributed by atoms with E-state index in [0.29, 0.717) is 5.91 Å². The molecule has 14 heavy (non-hydrogen) atoms. The zero-order valence-electron chi connectivity index (χ0n) is 9.60. The molecule has 0 saturated carbocycles. The van der Waals surface area contributed by atoms with Crippen molar-refractivity contribution in [2.45, 2.75) is 33.6 Å². The van der Waals surface area contributed by atoms with E-state index in [9.17, 15) is 4.79 Å². The third-order valence-electron chi connectivity index (χ3n) is 3.42. The Labute approximate surface area is 86.9 Å². The molecule has 0 aromatic carbocycles. The monoisotopic (exact) mass is 198 g/mol. The van der Waals surface area contributed by atoms with E-state index in [1.165, 1.54) is 0 Å². The van der Waals surface area contributed by atoms with Crippen molar-refractivity contribution in [1.82, 2.24) is 10.2 Å². The normalized spacial score (nSPS) is 26.5. The molecule has 1 atom stereocenters. The Hall–Kier alpha value is -0.570. The van der Waals surface area contributed by atoms with Crippen molar-refractivity contribution in [1.29, 1.82) is 0 Å². The molecule has 0 spiro atoms. The number of nitrogens with zero attached hydrogens (tertiary/aromatic N) is 1. The van der Waals surface area contributed by atoms with Crippen molar-refractivity contribution in [3.05, 3.63) is 0 Å². The van der Waals surface area contributed by atoms with Crippen LogP contribution < -0.4 is 5.32 Å². The third kappa shape index (κ3) is 1.92. The standard InChI is InChI=1S/C11H22N2O/c1-4-11(7-8-12-9-11)10(14)13(5-2)6-3/h12H,4-9H2,1-3H3. The highest BCUT2D eigenvalue weighted by Gasteiger charge is 2.41. The Morgan fingerprint density at radius 1 is 1.36 bits per heavy atom. The Balaban J connectivity index is 2.73. The van der Waals surface area contributed by atoms with E-state index in [1.54, 1.807) is 0 Å². The summed E-state index contributed by atoms with van der Waals surface area (Å²) in [7, 11) is 0. The van der Waals surface area contributed by atoms with Gasteiger partial charge in [-0.2, -0.15) is 0 Å². The van der Waals surface area contributed by atoms with Crippen LogP contribution in [0.3, 0.4) is 0 Å². The summed E-state index contributed by atoms with van der Waals surface area (Å²) < 4.78 is 0. The Kier molecular flexibility index (Phi) is 3.93. The molecule has 1 aliphatic rings. The molecule has 1 N–H and O–H groups in total. The number of hydrogen-bond donors (Lipinski definition) is 1. The topological polar surface area (TPSA) is 32.3 Å². The number of nitrogens with one attached hydrogen (secondary N) is 1. The lowest BCUT2D eigenvalue weighted by molar-refractivity contribution is -0.141. The minimum absolute atomic E-state index is 0.105. The van der Waals surface area contributed by atoms with Gasteiger partial charge >= 0.3 is 0 Å². The van der Waals surface area contributed by atoms with Gasteiger partial charge in [-0.25, -0.2) is 0 Å². The maximum Gasteiger partial charge on any atom is 0.230 e. The second-order valence-electron chi connectivity index (χ2n) is 4.04. The molecule has 1 fully saturated rings. The van der Waals surface area contributed by atoms with Crippen LogP contribution in [-0.2, 0) is 4.79 Å². The molecule has 1 saturated heterocycles. The molecule has 3 heteroatoms. The van der Waals surface area contributed by atoms with Crippen LogP contribution in [0.5, 0.6) is 0 Å². The molecule has 1 heterocycles. The van der Waals surface area contributed by atoms with E-state index in [4.69, 9.17) is 0 Å². The van der Waals surface area contributed by atoms with Crippen LogP contribution in [-0.4, -0.2) is 37.0 Å². The first-order valence-electron chi connectivity index (χ1n) is 5.70. The summed E-state index contributed by atoms with van der Waals surface area (Å²) in [5, 5.41) is 3.30. The molecule has 3 nitrogen and oxygen atoms in total. The summed E-state index contributed by atoms with van der Waals surface area (Å²) in [5.41, 5.74) is -0.105. The van der Waals surface area contributed by atoms with Crippen molar-refractivity contribution in [3.8, 4) is 0 Å². The summed E-state index contributed by atoms with van der Waals surface area (Å²) in [6.45, 7) is 9.72. The molecular formula is C11H22N2O. The SMILES string of the molecule is CCN(CC)C(=O)C1(CC)CCNC1. The first-order valence-corrected chi connectivity index (χ1v) is 5.70. The van der Waals surface area contributed by atoms with Crippen molar-refractivity contribution >= 4 is 5.91 Å².